The van der Waals surface area contributed by atoms with Gasteiger partial charge < -0.3 is 23.5 Å². The molecule has 0 atom stereocenters. The second-order valence-electron chi connectivity index (χ2n) is 7.10. The number of amides is 1. The number of anilines is 1. The lowest BCUT2D eigenvalue weighted by Gasteiger charge is -2.28. The van der Waals surface area contributed by atoms with Gasteiger partial charge in [0.2, 0.25) is 11.8 Å². The number of ether oxygens (including phenoxy) is 1. The molecule has 30 heavy (non-hydrogen) atoms. The van der Waals surface area contributed by atoms with Crippen molar-refractivity contribution in [2.45, 2.75) is 26.4 Å². The van der Waals surface area contributed by atoms with Gasteiger partial charge in [-0.25, -0.2) is 4.39 Å². The number of rotatable bonds is 7. The minimum absolute atomic E-state index is 0.00872. The van der Waals surface area contributed by atoms with Crippen LogP contribution in [0.2, 0.25) is 0 Å². The Kier molecular flexibility index (Phi) is 6.13. The van der Waals surface area contributed by atoms with Gasteiger partial charge in [-0.2, -0.15) is 0 Å². The second kappa shape index (κ2) is 9.13. The Balaban J connectivity index is 1.71. The molecule has 0 spiro atoms. The third kappa shape index (κ3) is 4.38. The molecule has 3 heterocycles. The number of carbonyl (C=O) groups excluding carboxylic acids is 1. The number of nitrogens with zero attached hydrogens (tertiary/aromatic N) is 3. The summed E-state index contributed by atoms with van der Waals surface area (Å²) in [6, 6.07) is 9.75. The maximum absolute atomic E-state index is 13.4. The zero-order chi connectivity index (χ0) is 20.9. The topological polar surface area (TPSA) is 72.0 Å². The molecule has 1 fully saturated rings. The molecular formula is C22H24FN3O4. The Morgan fingerprint density at radius 3 is 2.60 bits per heavy atom. The van der Waals surface area contributed by atoms with Crippen LogP contribution in [0.1, 0.15) is 24.7 Å². The Bertz CT molecular complexity index is 963. The van der Waals surface area contributed by atoms with E-state index < -0.39 is 0 Å². The Morgan fingerprint density at radius 2 is 1.93 bits per heavy atom. The van der Waals surface area contributed by atoms with Crippen molar-refractivity contribution in [3.05, 3.63) is 59.8 Å². The van der Waals surface area contributed by atoms with E-state index in [-0.39, 0.29) is 11.7 Å². The molecule has 0 radical (unpaired) electrons. The van der Waals surface area contributed by atoms with Crippen LogP contribution in [0, 0.1) is 5.82 Å². The Morgan fingerprint density at radius 1 is 1.17 bits per heavy atom. The van der Waals surface area contributed by atoms with Crippen LogP contribution in [-0.2, 0) is 22.6 Å². The fourth-order valence-corrected chi connectivity index (χ4v) is 3.53. The zero-order valence-corrected chi connectivity index (χ0v) is 16.8. The van der Waals surface area contributed by atoms with Gasteiger partial charge in [-0.3, -0.25) is 4.79 Å². The number of furan rings is 1. The van der Waals surface area contributed by atoms with Crippen LogP contribution in [0.5, 0.6) is 0 Å². The Hall–Kier alpha value is -3.13. The Labute approximate surface area is 174 Å². The van der Waals surface area contributed by atoms with Gasteiger partial charge in [0.1, 0.15) is 17.3 Å². The molecule has 2 aromatic heterocycles. The number of morpholine rings is 1. The second-order valence-corrected chi connectivity index (χ2v) is 7.10. The van der Waals surface area contributed by atoms with E-state index in [0.717, 1.165) is 11.1 Å². The molecule has 4 rings (SSSR count). The van der Waals surface area contributed by atoms with Crippen molar-refractivity contribution in [1.29, 1.82) is 0 Å². The van der Waals surface area contributed by atoms with Gasteiger partial charge in [-0.15, -0.1) is 0 Å². The summed E-state index contributed by atoms with van der Waals surface area (Å²) in [5, 5.41) is 4.29. The maximum atomic E-state index is 13.4. The highest BCUT2D eigenvalue weighted by molar-refractivity contribution is 5.77. The minimum atomic E-state index is -0.321. The lowest BCUT2D eigenvalue weighted by molar-refractivity contribution is -0.132. The van der Waals surface area contributed by atoms with Crippen LogP contribution in [0.4, 0.5) is 10.3 Å². The largest absolute Gasteiger partial charge is 0.467 e. The number of aromatic nitrogens is 1. The van der Waals surface area contributed by atoms with Crippen molar-refractivity contribution in [3.8, 4) is 11.3 Å². The highest BCUT2D eigenvalue weighted by atomic mass is 19.1. The predicted octanol–water partition coefficient (Wildman–Crippen LogP) is 3.85. The molecule has 8 heteroatoms. The van der Waals surface area contributed by atoms with E-state index in [2.05, 4.69) is 10.1 Å². The van der Waals surface area contributed by atoms with Gasteiger partial charge in [-0.1, -0.05) is 12.1 Å². The van der Waals surface area contributed by atoms with Gasteiger partial charge in [0.15, 0.2) is 0 Å². The summed E-state index contributed by atoms with van der Waals surface area (Å²) >= 11 is 0. The zero-order valence-electron chi connectivity index (χ0n) is 16.8. The average Bonchev–Trinajstić information content (AvgIpc) is 3.44. The highest BCUT2D eigenvalue weighted by Gasteiger charge is 2.27. The minimum Gasteiger partial charge on any atom is -0.467 e. The van der Waals surface area contributed by atoms with E-state index in [1.807, 2.05) is 13.0 Å². The molecule has 0 bridgehead atoms. The summed E-state index contributed by atoms with van der Waals surface area (Å²) < 4.78 is 30.1. The fourth-order valence-electron chi connectivity index (χ4n) is 3.53. The van der Waals surface area contributed by atoms with Gasteiger partial charge in [0, 0.05) is 25.1 Å². The van der Waals surface area contributed by atoms with Gasteiger partial charge in [0.05, 0.1) is 38.1 Å². The lowest BCUT2D eigenvalue weighted by Crippen LogP contribution is -2.37. The SMILES string of the molecule is CCC(=O)N(Cc1ccco1)Cc1c(-c2ccc(F)cc2)noc1N1CCOCC1. The molecule has 0 N–H and O–H groups in total. The van der Waals surface area contributed by atoms with Crippen molar-refractivity contribution in [1.82, 2.24) is 10.1 Å². The lowest BCUT2D eigenvalue weighted by atomic mass is 10.1. The van der Waals surface area contributed by atoms with Crippen LogP contribution >= 0.6 is 0 Å². The first kappa shape index (κ1) is 20.2. The number of hydrogen-bond donors (Lipinski definition) is 0. The molecule has 0 aliphatic carbocycles. The number of halogens is 1. The molecule has 1 aliphatic rings. The fraction of sp³-hybridized carbons (Fsp3) is 0.364. The van der Waals surface area contributed by atoms with Crippen molar-refractivity contribution < 1.29 is 22.9 Å². The summed E-state index contributed by atoms with van der Waals surface area (Å²) in [6.07, 6.45) is 1.96. The molecule has 7 nitrogen and oxygen atoms in total. The van der Waals surface area contributed by atoms with Crippen LogP contribution in [-0.4, -0.2) is 42.3 Å². The third-order valence-electron chi connectivity index (χ3n) is 5.11. The van der Waals surface area contributed by atoms with Gasteiger partial charge in [0.25, 0.3) is 0 Å². The number of benzene rings is 1. The summed E-state index contributed by atoms with van der Waals surface area (Å²) in [7, 11) is 0. The molecule has 1 aliphatic heterocycles. The third-order valence-corrected chi connectivity index (χ3v) is 5.11. The first-order valence-electron chi connectivity index (χ1n) is 10.0. The predicted molar refractivity (Wildman–Crippen MR) is 108 cm³/mol. The average molecular weight is 413 g/mol. The molecule has 1 amide bonds. The van der Waals surface area contributed by atoms with Gasteiger partial charge in [-0.05, 0) is 36.4 Å². The number of hydrogen-bond acceptors (Lipinski definition) is 6. The standard InChI is InChI=1S/C22H24FN3O4/c1-2-20(27)26(14-18-4-3-11-29-18)15-19-21(16-5-7-17(23)8-6-16)24-30-22(19)25-9-12-28-13-10-25/h3-8,11H,2,9-10,12-15H2,1H3. The summed E-state index contributed by atoms with van der Waals surface area (Å²) in [4.78, 5) is 16.5. The molecule has 0 unspecified atom stereocenters. The van der Waals surface area contributed by atoms with Crippen molar-refractivity contribution in [2.24, 2.45) is 0 Å². The van der Waals surface area contributed by atoms with E-state index in [1.54, 1.807) is 29.4 Å². The molecule has 1 saturated heterocycles. The van der Waals surface area contributed by atoms with E-state index >= 15 is 0 Å². The van der Waals surface area contributed by atoms with E-state index in [4.69, 9.17) is 13.7 Å². The van der Waals surface area contributed by atoms with Crippen LogP contribution in [0.3, 0.4) is 0 Å². The van der Waals surface area contributed by atoms with Crippen LogP contribution in [0.25, 0.3) is 11.3 Å². The van der Waals surface area contributed by atoms with Crippen molar-refractivity contribution in [3.63, 3.8) is 0 Å². The first-order valence-corrected chi connectivity index (χ1v) is 10.0. The summed E-state index contributed by atoms with van der Waals surface area (Å²) in [5.41, 5.74) is 2.12. The van der Waals surface area contributed by atoms with Crippen molar-refractivity contribution >= 4 is 11.8 Å². The van der Waals surface area contributed by atoms with E-state index in [9.17, 15) is 9.18 Å². The first-order chi connectivity index (χ1) is 14.7. The smallest absolute Gasteiger partial charge is 0.233 e. The summed E-state index contributed by atoms with van der Waals surface area (Å²) in [5.74, 6) is 0.985. The molecule has 3 aromatic rings. The quantitative estimate of drug-likeness (QED) is 0.586. The number of carbonyl (C=O) groups is 1. The monoisotopic (exact) mass is 413 g/mol. The highest BCUT2D eigenvalue weighted by Crippen LogP contribution is 2.33. The van der Waals surface area contributed by atoms with Crippen LogP contribution in [0.15, 0.2) is 51.6 Å². The molecule has 1 aromatic carbocycles. The van der Waals surface area contributed by atoms with Crippen molar-refractivity contribution in [2.75, 3.05) is 31.2 Å². The van der Waals surface area contributed by atoms with Crippen LogP contribution < -0.4 is 4.90 Å². The van der Waals surface area contributed by atoms with E-state index in [1.165, 1.54) is 12.1 Å². The van der Waals surface area contributed by atoms with Gasteiger partial charge >= 0.3 is 0 Å². The maximum Gasteiger partial charge on any atom is 0.233 e. The summed E-state index contributed by atoms with van der Waals surface area (Å²) in [6.45, 7) is 5.00. The van der Waals surface area contributed by atoms with E-state index in [0.29, 0.717) is 63.2 Å². The molecular weight excluding hydrogens is 389 g/mol. The normalized spacial score (nSPS) is 14.1. The molecule has 158 valence electrons. The molecule has 0 saturated carbocycles.